The molecule has 0 aliphatic heterocycles. The molecular weight excluding hydrogens is 331 g/mol. The van der Waals surface area contributed by atoms with Crippen LogP contribution >= 0.6 is 38.5 Å². The SMILES string of the molecule is O=C1c2ccc(Br)cc2CC1I. The van der Waals surface area contributed by atoms with Crippen LogP contribution in [-0.4, -0.2) is 9.71 Å². The van der Waals surface area contributed by atoms with E-state index < -0.39 is 0 Å². The van der Waals surface area contributed by atoms with Crippen LogP contribution in [0.5, 0.6) is 0 Å². The Morgan fingerprint density at radius 2 is 2.25 bits per heavy atom. The molecule has 1 nitrogen and oxygen atoms in total. The number of ketones is 1. The third kappa shape index (κ3) is 1.33. The van der Waals surface area contributed by atoms with E-state index in [1.54, 1.807) is 0 Å². The van der Waals surface area contributed by atoms with E-state index in [1.165, 1.54) is 5.56 Å². The van der Waals surface area contributed by atoms with Gasteiger partial charge in [0, 0.05) is 10.0 Å². The Morgan fingerprint density at radius 3 is 3.00 bits per heavy atom. The summed E-state index contributed by atoms with van der Waals surface area (Å²) in [7, 11) is 0. The van der Waals surface area contributed by atoms with Gasteiger partial charge in [-0.05, 0) is 30.2 Å². The zero-order valence-electron chi connectivity index (χ0n) is 6.18. The van der Waals surface area contributed by atoms with E-state index in [9.17, 15) is 4.79 Å². The van der Waals surface area contributed by atoms with Crippen LogP contribution in [0.3, 0.4) is 0 Å². The van der Waals surface area contributed by atoms with Gasteiger partial charge >= 0.3 is 0 Å². The average molecular weight is 337 g/mol. The minimum absolute atomic E-state index is 0.145. The van der Waals surface area contributed by atoms with Gasteiger partial charge in [0.2, 0.25) is 0 Å². The van der Waals surface area contributed by atoms with Crippen molar-refractivity contribution in [3.05, 3.63) is 33.8 Å². The standard InChI is InChI=1S/C9H6BrIO/c10-6-1-2-7-5(3-6)4-8(11)9(7)12/h1-3,8H,4H2. The van der Waals surface area contributed by atoms with Crippen molar-refractivity contribution in [1.29, 1.82) is 0 Å². The highest BCUT2D eigenvalue weighted by molar-refractivity contribution is 14.1. The van der Waals surface area contributed by atoms with Gasteiger partial charge in [0.05, 0.1) is 3.92 Å². The van der Waals surface area contributed by atoms with Crippen molar-refractivity contribution in [3.8, 4) is 0 Å². The lowest BCUT2D eigenvalue weighted by molar-refractivity contribution is 0.100. The van der Waals surface area contributed by atoms with Gasteiger partial charge in [-0.2, -0.15) is 0 Å². The number of carbonyl (C=O) groups excluding carboxylic acids is 1. The maximum absolute atomic E-state index is 11.5. The molecule has 0 bridgehead atoms. The Morgan fingerprint density at radius 1 is 1.50 bits per heavy atom. The van der Waals surface area contributed by atoms with Crippen molar-refractivity contribution < 1.29 is 4.79 Å². The second-order valence-electron chi connectivity index (χ2n) is 2.84. The molecule has 1 atom stereocenters. The molecule has 0 N–H and O–H groups in total. The Hall–Kier alpha value is 0.1000. The van der Waals surface area contributed by atoms with Crippen LogP contribution in [0.2, 0.25) is 0 Å². The largest absolute Gasteiger partial charge is 0.293 e. The summed E-state index contributed by atoms with van der Waals surface area (Å²) in [5.41, 5.74) is 2.08. The summed E-state index contributed by atoms with van der Waals surface area (Å²) in [6.07, 6.45) is 0.883. The second-order valence-corrected chi connectivity index (χ2v) is 5.26. The summed E-state index contributed by atoms with van der Waals surface area (Å²) < 4.78 is 1.20. The average Bonchev–Trinajstić information content (AvgIpc) is 2.28. The highest BCUT2D eigenvalue weighted by Gasteiger charge is 2.27. The molecule has 12 heavy (non-hydrogen) atoms. The van der Waals surface area contributed by atoms with Crippen LogP contribution in [0, 0.1) is 0 Å². The summed E-state index contributed by atoms with van der Waals surface area (Å²) >= 11 is 5.59. The monoisotopic (exact) mass is 336 g/mol. The van der Waals surface area contributed by atoms with Crippen LogP contribution in [0.4, 0.5) is 0 Å². The fourth-order valence-electron chi connectivity index (χ4n) is 1.43. The molecule has 0 saturated carbocycles. The second kappa shape index (κ2) is 3.10. The van der Waals surface area contributed by atoms with Crippen LogP contribution < -0.4 is 0 Å². The molecule has 0 spiro atoms. The van der Waals surface area contributed by atoms with Crippen molar-refractivity contribution in [3.63, 3.8) is 0 Å². The Labute approximate surface area is 92.8 Å². The maximum Gasteiger partial charge on any atom is 0.176 e. The van der Waals surface area contributed by atoms with Crippen molar-refractivity contribution in [2.45, 2.75) is 10.3 Å². The predicted molar refractivity (Wildman–Crippen MR) is 60.0 cm³/mol. The number of hydrogen-bond acceptors (Lipinski definition) is 1. The number of halogens is 2. The van der Waals surface area contributed by atoms with E-state index >= 15 is 0 Å². The Kier molecular flexibility index (Phi) is 2.25. The molecule has 1 aliphatic rings. The predicted octanol–water partition coefficient (Wildman–Crippen LogP) is 2.99. The third-order valence-corrected chi connectivity index (χ3v) is 3.52. The summed E-state index contributed by atoms with van der Waals surface area (Å²) in [5, 5.41) is 0. The summed E-state index contributed by atoms with van der Waals surface area (Å²) in [6, 6.07) is 5.86. The lowest BCUT2D eigenvalue weighted by Crippen LogP contribution is -2.05. The highest BCUT2D eigenvalue weighted by Crippen LogP contribution is 2.29. The lowest BCUT2D eigenvalue weighted by atomic mass is 10.1. The molecule has 0 fully saturated rings. The molecular formula is C9H6BrIO. The maximum atomic E-state index is 11.5. The fraction of sp³-hybridized carbons (Fsp3) is 0.222. The zero-order chi connectivity index (χ0) is 8.72. The highest BCUT2D eigenvalue weighted by atomic mass is 127. The fourth-order valence-corrected chi connectivity index (χ4v) is 2.64. The molecule has 1 aromatic rings. The van der Waals surface area contributed by atoms with E-state index in [4.69, 9.17) is 0 Å². The van der Waals surface area contributed by atoms with E-state index in [2.05, 4.69) is 38.5 Å². The number of rotatable bonds is 0. The molecule has 1 aromatic carbocycles. The number of hydrogen-bond donors (Lipinski definition) is 0. The van der Waals surface area contributed by atoms with Crippen LogP contribution in [0.1, 0.15) is 15.9 Å². The first-order chi connectivity index (χ1) is 5.68. The molecule has 3 heteroatoms. The quantitative estimate of drug-likeness (QED) is 0.526. The van der Waals surface area contributed by atoms with Gasteiger partial charge in [-0.3, -0.25) is 4.79 Å². The number of benzene rings is 1. The molecule has 0 amide bonds. The lowest BCUT2D eigenvalue weighted by Gasteiger charge is -1.95. The van der Waals surface area contributed by atoms with Crippen LogP contribution in [0.25, 0.3) is 0 Å². The molecule has 0 saturated heterocycles. The molecule has 0 aromatic heterocycles. The van der Waals surface area contributed by atoms with Gasteiger partial charge in [0.15, 0.2) is 5.78 Å². The summed E-state index contributed by atoms with van der Waals surface area (Å²) in [5.74, 6) is 0.276. The first-order valence-electron chi connectivity index (χ1n) is 3.65. The van der Waals surface area contributed by atoms with Gasteiger partial charge in [0.25, 0.3) is 0 Å². The third-order valence-electron chi connectivity index (χ3n) is 2.02. The van der Waals surface area contributed by atoms with Crippen LogP contribution in [-0.2, 0) is 6.42 Å². The topological polar surface area (TPSA) is 17.1 Å². The zero-order valence-corrected chi connectivity index (χ0v) is 9.92. The number of fused-ring (bicyclic) bond motifs is 1. The number of alkyl halides is 1. The van der Waals surface area contributed by atoms with Gasteiger partial charge in [-0.15, -0.1) is 0 Å². The van der Waals surface area contributed by atoms with Gasteiger partial charge in [-0.25, -0.2) is 0 Å². The summed E-state index contributed by atoms with van der Waals surface area (Å²) in [4.78, 5) is 11.5. The van der Waals surface area contributed by atoms with E-state index in [0.717, 1.165) is 16.5 Å². The smallest absolute Gasteiger partial charge is 0.176 e. The minimum atomic E-state index is 0.145. The van der Waals surface area contributed by atoms with E-state index in [-0.39, 0.29) is 9.71 Å². The normalized spacial score (nSPS) is 21.2. The molecule has 2 rings (SSSR count). The van der Waals surface area contributed by atoms with Gasteiger partial charge in [0.1, 0.15) is 0 Å². The Bertz CT molecular complexity index is 348. The molecule has 1 unspecified atom stereocenters. The van der Waals surface area contributed by atoms with E-state index in [1.807, 2.05) is 18.2 Å². The number of Topliss-reactive ketones (excluding diaryl/α,β-unsaturated/α-hetero) is 1. The van der Waals surface area contributed by atoms with Crippen molar-refractivity contribution in [2.24, 2.45) is 0 Å². The van der Waals surface area contributed by atoms with Crippen molar-refractivity contribution in [1.82, 2.24) is 0 Å². The molecule has 1 aliphatic carbocycles. The summed E-state index contributed by atoms with van der Waals surface area (Å²) in [6.45, 7) is 0. The van der Waals surface area contributed by atoms with E-state index in [0.29, 0.717) is 0 Å². The number of carbonyl (C=O) groups is 1. The molecule has 0 heterocycles. The molecule has 0 radical (unpaired) electrons. The first kappa shape index (κ1) is 8.69. The molecule has 62 valence electrons. The van der Waals surface area contributed by atoms with Crippen molar-refractivity contribution >= 4 is 44.3 Å². The Balaban J connectivity index is 2.54. The van der Waals surface area contributed by atoms with Gasteiger partial charge < -0.3 is 0 Å². The minimum Gasteiger partial charge on any atom is -0.293 e. The first-order valence-corrected chi connectivity index (χ1v) is 5.69. The van der Waals surface area contributed by atoms with Crippen molar-refractivity contribution in [2.75, 3.05) is 0 Å². The van der Waals surface area contributed by atoms with Gasteiger partial charge in [-0.1, -0.05) is 38.5 Å². The van der Waals surface area contributed by atoms with Crippen LogP contribution in [0.15, 0.2) is 22.7 Å².